The van der Waals surface area contributed by atoms with Crippen molar-refractivity contribution in [1.29, 1.82) is 0 Å². The zero-order valence-electron chi connectivity index (χ0n) is 15.1. The van der Waals surface area contributed by atoms with Crippen LogP contribution in [0.5, 0.6) is 0 Å². The summed E-state index contributed by atoms with van der Waals surface area (Å²) in [5, 5.41) is 3.91. The van der Waals surface area contributed by atoms with Crippen LogP contribution in [0.25, 0.3) is 0 Å². The fourth-order valence-corrected chi connectivity index (χ4v) is 3.04. The molecule has 0 spiro atoms. The van der Waals surface area contributed by atoms with Crippen LogP contribution in [0.1, 0.15) is 22.6 Å². The quantitative estimate of drug-likeness (QED) is 0.834. The summed E-state index contributed by atoms with van der Waals surface area (Å²) in [5.74, 6) is 0.778. The number of ether oxygens (including phenoxy) is 1. The molecule has 1 amide bonds. The Hall–Kier alpha value is -2.34. The number of rotatable bonds is 5. The van der Waals surface area contributed by atoms with Crippen molar-refractivity contribution in [3.8, 4) is 0 Å². The van der Waals surface area contributed by atoms with Gasteiger partial charge in [-0.15, -0.1) is 0 Å². The summed E-state index contributed by atoms with van der Waals surface area (Å²) >= 11 is 0. The number of aromatic nitrogens is 1. The molecule has 0 atom stereocenters. The van der Waals surface area contributed by atoms with Crippen LogP contribution in [0.3, 0.4) is 0 Å². The lowest BCUT2D eigenvalue weighted by atomic mass is 10.1. The van der Waals surface area contributed by atoms with Gasteiger partial charge in [-0.25, -0.2) is 0 Å². The minimum absolute atomic E-state index is 0.0617. The SMILES string of the molecule is Cc1noc(C)c1CC(=O)N(C)Cc1ccc(N2CCOCC2)cc1. The number of anilines is 1. The molecule has 0 saturated carbocycles. The number of hydrogen-bond acceptors (Lipinski definition) is 5. The molecule has 0 radical (unpaired) electrons. The van der Waals surface area contributed by atoms with Gasteiger partial charge in [0.2, 0.25) is 5.91 Å². The van der Waals surface area contributed by atoms with Gasteiger partial charge in [0, 0.05) is 37.9 Å². The number of aryl methyl sites for hydroxylation is 2. The van der Waals surface area contributed by atoms with Gasteiger partial charge in [0.05, 0.1) is 25.3 Å². The number of morpholine rings is 1. The van der Waals surface area contributed by atoms with E-state index in [1.807, 2.05) is 20.9 Å². The van der Waals surface area contributed by atoms with E-state index >= 15 is 0 Å². The summed E-state index contributed by atoms with van der Waals surface area (Å²) < 4.78 is 10.5. The number of benzene rings is 1. The summed E-state index contributed by atoms with van der Waals surface area (Å²) in [7, 11) is 1.83. The van der Waals surface area contributed by atoms with Gasteiger partial charge in [0.25, 0.3) is 0 Å². The fourth-order valence-electron chi connectivity index (χ4n) is 3.04. The van der Waals surface area contributed by atoms with E-state index in [4.69, 9.17) is 9.26 Å². The molecular weight excluding hydrogens is 318 g/mol. The van der Waals surface area contributed by atoms with Crippen molar-refractivity contribution in [3.05, 3.63) is 46.8 Å². The Kier molecular flexibility index (Phi) is 5.38. The molecule has 1 aliphatic heterocycles. The molecule has 0 aliphatic carbocycles. The normalized spacial score (nSPS) is 14.6. The standard InChI is InChI=1S/C19H25N3O3/c1-14-18(15(2)25-20-14)12-19(23)21(3)13-16-4-6-17(7-5-16)22-8-10-24-11-9-22/h4-7H,8-13H2,1-3H3. The molecule has 2 heterocycles. The smallest absolute Gasteiger partial charge is 0.227 e. The highest BCUT2D eigenvalue weighted by molar-refractivity contribution is 5.79. The second kappa shape index (κ2) is 7.70. The average Bonchev–Trinajstić information content (AvgIpc) is 2.95. The van der Waals surface area contributed by atoms with Crippen molar-refractivity contribution >= 4 is 11.6 Å². The predicted octanol–water partition coefficient (Wildman–Crippen LogP) is 2.33. The third kappa shape index (κ3) is 4.20. The van der Waals surface area contributed by atoms with Crippen LogP contribution in [0.4, 0.5) is 5.69 Å². The molecule has 134 valence electrons. The molecule has 1 aliphatic rings. The number of carbonyl (C=O) groups is 1. The van der Waals surface area contributed by atoms with Crippen molar-refractivity contribution in [1.82, 2.24) is 10.1 Å². The van der Waals surface area contributed by atoms with Gasteiger partial charge in [-0.05, 0) is 31.5 Å². The van der Waals surface area contributed by atoms with Gasteiger partial charge in [0.15, 0.2) is 0 Å². The summed E-state index contributed by atoms with van der Waals surface area (Å²) in [6, 6.07) is 8.41. The first-order valence-electron chi connectivity index (χ1n) is 8.62. The van der Waals surface area contributed by atoms with Crippen LogP contribution < -0.4 is 4.90 Å². The van der Waals surface area contributed by atoms with E-state index in [1.165, 1.54) is 5.69 Å². The Morgan fingerprint density at radius 2 is 1.88 bits per heavy atom. The molecule has 1 aromatic heterocycles. The van der Waals surface area contributed by atoms with Crippen LogP contribution in [0.2, 0.25) is 0 Å². The first kappa shape index (κ1) is 17.5. The Morgan fingerprint density at radius 3 is 2.48 bits per heavy atom. The van der Waals surface area contributed by atoms with Gasteiger partial charge >= 0.3 is 0 Å². The van der Waals surface area contributed by atoms with Gasteiger partial charge < -0.3 is 19.1 Å². The molecule has 0 unspecified atom stereocenters. The second-order valence-corrected chi connectivity index (χ2v) is 6.50. The summed E-state index contributed by atoms with van der Waals surface area (Å²) in [4.78, 5) is 16.5. The highest BCUT2D eigenvalue weighted by Crippen LogP contribution is 2.18. The Morgan fingerprint density at radius 1 is 1.20 bits per heavy atom. The van der Waals surface area contributed by atoms with Crippen LogP contribution in [-0.2, 0) is 22.5 Å². The van der Waals surface area contributed by atoms with Gasteiger partial charge in [-0.3, -0.25) is 4.79 Å². The molecule has 25 heavy (non-hydrogen) atoms. The molecule has 2 aromatic rings. The molecule has 6 heteroatoms. The third-order valence-corrected chi connectivity index (χ3v) is 4.67. The van der Waals surface area contributed by atoms with E-state index in [9.17, 15) is 4.79 Å². The average molecular weight is 343 g/mol. The van der Waals surface area contributed by atoms with E-state index in [-0.39, 0.29) is 5.91 Å². The van der Waals surface area contributed by atoms with Gasteiger partial charge in [0.1, 0.15) is 5.76 Å². The van der Waals surface area contributed by atoms with Gasteiger partial charge in [-0.1, -0.05) is 17.3 Å². The molecule has 0 N–H and O–H groups in total. The zero-order valence-corrected chi connectivity index (χ0v) is 15.1. The molecule has 3 rings (SSSR count). The lowest BCUT2D eigenvalue weighted by molar-refractivity contribution is -0.129. The highest BCUT2D eigenvalue weighted by atomic mass is 16.5. The highest BCUT2D eigenvalue weighted by Gasteiger charge is 2.17. The number of hydrogen-bond donors (Lipinski definition) is 0. The Labute approximate surface area is 148 Å². The molecule has 1 fully saturated rings. The third-order valence-electron chi connectivity index (χ3n) is 4.67. The molecule has 1 saturated heterocycles. The molecule has 6 nitrogen and oxygen atoms in total. The number of nitrogens with zero attached hydrogens (tertiary/aromatic N) is 3. The Bertz CT molecular complexity index is 699. The second-order valence-electron chi connectivity index (χ2n) is 6.50. The monoisotopic (exact) mass is 343 g/mol. The van der Waals surface area contributed by atoms with Gasteiger partial charge in [-0.2, -0.15) is 0 Å². The van der Waals surface area contributed by atoms with Crippen molar-refractivity contribution in [3.63, 3.8) is 0 Å². The maximum absolute atomic E-state index is 12.5. The molecular formula is C19H25N3O3. The number of likely N-dealkylation sites (N-methyl/N-ethyl adjacent to an activating group) is 1. The molecule has 0 bridgehead atoms. The van der Waals surface area contributed by atoms with Crippen LogP contribution >= 0.6 is 0 Å². The predicted molar refractivity (Wildman–Crippen MR) is 95.6 cm³/mol. The topological polar surface area (TPSA) is 58.8 Å². The minimum atomic E-state index is 0.0617. The maximum Gasteiger partial charge on any atom is 0.227 e. The first-order chi connectivity index (χ1) is 12.0. The van der Waals surface area contributed by atoms with E-state index < -0.39 is 0 Å². The van der Waals surface area contributed by atoms with E-state index in [0.29, 0.717) is 18.7 Å². The van der Waals surface area contributed by atoms with Crippen molar-refractivity contribution < 1.29 is 14.1 Å². The Balaban J connectivity index is 1.58. The number of amides is 1. The maximum atomic E-state index is 12.5. The summed E-state index contributed by atoms with van der Waals surface area (Å²) in [5.41, 5.74) is 4.00. The van der Waals surface area contributed by atoms with Crippen LogP contribution in [-0.4, -0.2) is 49.3 Å². The molecule has 1 aromatic carbocycles. The fraction of sp³-hybridized carbons (Fsp3) is 0.474. The number of carbonyl (C=O) groups excluding carboxylic acids is 1. The minimum Gasteiger partial charge on any atom is -0.378 e. The van der Waals surface area contributed by atoms with Crippen LogP contribution in [0.15, 0.2) is 28.8 Å². The van der Waals surface area contributed by atoms with E-state index in [0.717, 1.165) is 43.1 Å². The largest absolute Gasteiger partial charge is 0.378 e. The van der Waals surface area contributed by atoms with Crippen LogP contribution in [0, 0.1) is 13.8 Å². The summed E-state index contributed by atoms with van der Waals surface area (Å²) in [6.07, 6.45) is 0.323. The lowest BCUT2D eigenvalue weighted by Gasteiger charge is -2.29. The first-order valence-corrected chi connectivity index (χ1v) is 8.62. The lowest BCUT2D eigenvalue weighted by Crippen LogP contribution is -2.36. The van der Waals surface area contributed by atoms with Crippen molar-refractivity contribution in [2.45, 2.75) is 26.8 Å². The van der Waals surface area contributed by atoms with E-state index in [1.54, 1.807) is 4.90 Å². The van der Waals surface area contributed by atoms with E-state index in [2.05, 4.69) is 34.3 Å². The zero-order chi connectivity index (χ0) is 17.8. The van der Waals surface area contributed by atoms with Crippen molar-refractivity contribution in [2.75, 3.05) is 38.3 Å². The summed E-state index contributed by atoms with van der Waals surface area (Å²) in [6.45, 7) is 7.70. The van der Waals surface area contributed by atoms with Crippen molar-refractivity contribution in [2.24, 2.45) is 0 Å².